The van der Waals surface area contributed by atoms with Crippen molar-refractivity contribution in [1.29, 1.82) is 0 Å². The largest absolute Gasteiger partial charge is 0.497 e. The molecule has 0 bridgehead atoms. The van der Waals surface area contributed by atoms with Crippen molar-refractivity contribution >= 4 is 5.78 Å². The van der Waals surface area contributed by atoms with E-state index in [0.29, 0.717) is 5.75 Å². The Balaban J connectivity index is 2.24. The highest BCUT2D eigenvalue weighted by atomic mass is 19.4. The number of hydrogen-bond donors (Lipinski definition) is 0. The van der Waals surface area contributed by atoms with Crippen molar-refractivity contribution in [2.45, 2.75) is 25.6 Å². The molecule has 0 aromatic heterocycles. The van der Waals surface area contributed by atoms with Crippen LogP contribution in [0.2, 0.25) is 0 Å². The predicted molar refractivity (Wildman–Crippen MR) is 62.9 cm³/mol. The molecule has 0 aliphatic heterocycles. The minimum absolute atomic E-state index is 0.182. The lowest BCUT2D eigenvalue weighted by molar-refractivity contribution is -0.145. The zero-order valence-electron chi connectivity index (χ0n) is 10.5. The van der Waals surface area contributed by atoms with Crippen LogP contribution in [0.1, 0.15) is 18.4 Å². The van der Waals surface area contributed by atoms with Gasteiger partial charge in [-0.25, -0.2) is 0 Å². The number of carbonyl (C=O) groups is 1. The van der Waals surface area contributed by atoms with E-state index < -0.39 is 24.8 Å². The molecule has 0 unspecified atom stereocenters. The van der Waals surface area contributed by atoms with Gasteiger partial charge in [-0.05, 0) is 17.7 Å². The first-order valence-corrected chi connectivity index (χ1v) is 5.70. The topological polar surface area (TPSA) is 35.5 Å². The maximum atomic E-state index is 11.9. The first-order chi connectivity index (χ1) is 8.90. The summed E-state index contributed by atoms with van der Waals surface area (Å²) in [6.45, 7) is -0.121. The third-order valence-corrected chi connectivity index (χ3v) is 2.38. The summed E-state index contributed by atoms with van der Waals surface area (Å²) in [6.07, 6.45) is -5.94. The van der Waals surface area contributed by atoms with Crippen LogP contribution in [0.25, 0.3) is 0 Å². The highest BCUT2D eigenvalue weighted by Crippen LogP contribution is 2.21. The standard InChI is InChI=1S/C13H15F3O3/c1-18-12-4-2-10(3-5-12)8-19-9-11(17)6-7-13(14,15)16/h2-5H,6-9H2,1H3. The second-order valence-corrected chi connectivity index (χ2v) is 3.99. The van der Waals surface area contributed by atoms with Crippen LogP contribution in [0.4, 0.5) is 13.2 Å². The lowest BCUT2D eigenvalue weighted by atomic mass is 10.2. The Kier molecular flexibility index (Phi) is 5.82. The molecule has 19 heavy (non-hydrogen) atoms. The molecule has 0 radical (unpaired) electrons. The Hall–Kier alpha value is -1.56. The molecule has 1 rings (SSSR count). The molecule has 3 nitrogen and oxygen atoms in total. The number of benzene rings is 1. The molecule has 0 amide bonds. The maximum Gasteiger partial charge on any atom is 0.389 e. The van der Waals surface area contributed by atoms with Crippen molar-refractivity contribution in [2.75, 3.05) is 13.7 Å². The lowest BCUT2D eigenvalue weighted by Crippen LogP contribution is -2.14. The van der Waals surface area contributed by atoms with Gasteiger partial charge in [-0.15, -0.1) is 0 Å². The van der Waals surface area contributed by atoms with E-state index in [1.807, 2.05) is 0 Å². The van der Waals surface area contributed by atoms with Crippen molar-refractivity contribution in [3.63, 3.8) is 0 Å². The van der Waals surface area contributed by atoms with E-state index in [2.05, 4.69) is 0 Å². The minimum atomic E-state index is -4.30. The molecule has 0 saturated carbocycles. The Bertz CT molecular complexity index is 399. The van der Waals surface area contributed by atoms with Crippen LogP contribution in [0.3, 0.4) is 0 Å². The first-order valence-electron chi connectivity index (χ1n) is 5.70. The number of alkyl halides is 3. The lowest BCUT2D eigenvalue weighted by Gasteiger charge is -2.07. The number of ether oxygens (including phenoxy) is 2. The minimum Gasteiger partial charge on any atom is -0.497 e. The van der Waals surface area contributed by atoms with Gasteiger partial charge >= 0.3 is 6.18 Å². The maximum absolute atomic E-state index is 11.9. The summed E-state index contributed by atoms with van der Waals surface area (Å²) >= 11 is 0. The van der Waals surface area contributed by atoms with Crippen molar-refractivity contribution in [1.82, 2.24) is 0 Å². The molecule has 0 aliphatic rings. The Morgan fingerprint density at radius 3 is 2.37 bits per heavy atom. The smallest absolute Gasteiger partial charge is 0.389 e. The van der Waals surface area contributed by atoms with Gasteiger partial charge in [0.05, 0.1) is 20.1 Å². The zero-order valence-corrected chi connectivity index (χ0v) is 10.5. The number of ketones is 1. The summed E-state index contributed by atoms with van der Waals surface area (Å²) in [5.41, 5.74) is 0.824. The van der Waals surface area contributed by atoms with Gasteiger partial charge in [0.1, 0.15) is 12.4 Å². The number of methoxy groups -OCH3 is 1. The highest BCUT2D eigenvalue weighted by Gasteiger charge is 2.27. The van der Waals surface area contributed by atoms with Crippen LogP contribution in [0.5, 0.6) is 5.75 Å². The molecule has 0 spiro atoms. The van der Waals surface area contributed by atoms with E-state index in [4.69, 9.17) is 9.47 Å². The second kappa shape index (κ2) is 7.13. The van der Waals surface area contributed by atoms with E-state index in [0.717, 1.165) is 5.56 Å². The van der Waals surface area contributed by atoms with Crippen molar-refractivity contribution < 1.29 is 27.4 Å². The van der Waals surface area contributed by atoms with Crippen LogP contribution in [-0.4, -0.2) is 25.7 Å². The summed E-state index contributed by atoms with van der Waals surface area (Å²) in [4.78, 5) is 11.1. The Morgan fingerprint density at radius 1 is 1.21 bits per heavy atom. The van der Waals surface area contributed by atoms with Crippen molar-refractivity contribution in [3.05, 3.63) is 29.8 Å². The second-order valence-electron chi connectivity index (χ2n) is 3.99. The fraction of sp³-hybridized carbons (Fsp3) is 0.462. The van der Waals surface area contributed by atoms with Gasteiger partial charge in [0.2, 0.25) is 0 Å². The van der Waals surface area contributed by atoms with Gasteiger partial charge in [-0.1, -0.05) is 12.1 Å². The molecule has 0 atom stereocenters. The summed E-state index contributed by atoms with van der Waals surface area (Å²) in [6, 6.07) is 7.01. The van der Waals surface area contributed by atoms with E-state index >= 15 is 0 Å². The Morgan fingerprint density at radius 2 is 1.84 bits per heavy atom. The molecule has 0 saturated heterocycles. The predicted octanol–water partition coefficient (Wildman–Crippen LogP) is 3.12. The summed E-state index contributed by atoms with van der Waals surface area (Å²) < 4.78 is 45.6. The number of hydrogen-bond acceptors (Lipinski definition) is 3. The third kappa shape index (κ3) is 6.81. The van der Waals surface area contributed by atoms with E-state index in [-0.39, 0.29) is 13.2 Å². The fourth-order valence-corrected chi connectivity index (χ4v) is 1.36. The van der Waals surface area contributed by atoms with Gasteiger partial charge < -0.3 is 9.47 Å². The quantitative estimate of drug-likeness (QED) is 0.767. The molecule has 106 valence electrons. The molecule has 0 fully saturated rings. The third-order valence-electron chi connectivity index (χ3n) is 2.38. The molecular weight excluding hydrogens is 261 g/mol. The van der Waals surface area contributed by atoms with Gasteiger partial charge in [-0.2, -0.15) is 13.2 Å². The van der Waals surface area contributed by atoms with Crippen LogP contribution in [0.15, 0.2) is 24.3 Å². The van der Waals surface area contributed by atoms with Crippen molar-refractivity contribution in [3.8, 4) is 5.75 Å². The van der Waals surface area contributed by atoms with Crippen LogP contribution < -0.4 is 4.74 Å². The SMILES string of the molecule is COc1ccc(COCC(=O)CCC(F)(F)F)cc1. The summed E-state index contributed by atoms with van der Waals surface area (Å²) in [5.74, 6) is 0.149. The molecule has 1 aromatic rings. The molecule has 0 heterocycles. The van der Waals surface area contributed by atoms with Crippen molar-refractivity contribution in [2.24, 2.45) is 0 Å². The number of rotatable bonds is 7. The first kappa shape index (κ1) is 15.5. The Labute approximate surface area is 109 Å². The summed E-state index contributed by atoms with van der Waals surface area (Å²) in [5, 5.41) is 0. The number of halogens is 3. The van der Waals surface area contributed by atoms with E-state index in [9.17, 15) is 18.0 Å². The molecule has 1 aromatic carbocycles. The van der Waals surface area contributed by atoms with Gasteiger partial charge in [0, 0.05) is 6.42 Å². The monoisotopic (exact) mass is 276 g/mol. The average molecular weight is 276 g/mol. The molecule has 0 N–H and O–H groups in total. The average Bonchev–Trinajstić information content (AvgIpc) is 2.36. The van der Waals surface area contributed by atoms with Crippen LogP contribution >= 0.6 is 0 Å². The number of carbonyl (C=O) groups excluding carboxylic acids is 1. The number of Topliss-reactive ketones (excluding diaryl/α,β-unsaturated/α-hetero) is 1. The normalized spacial score (nSPS) is 11.4. The zero-order chi connectivity index (χ0) is 14.3. The van der Waals surface area contributed by atoms with Gasteiger partial charge in [0.15, 0.2) is 5.78 Å². The van der Waals surface area contributed by atoms with Crippen LogP contribution in [0, 0.1) is 0 Å². The molecular formula is C13H15F3O3. The fourth-order valence-electron chi connectivity index (χ4n) is 1.36. The summed E-state index contributed by atoms with van der Waals surface area (Å²) in [7, 11) is 1.55. The molecule has 0 aliphatic carbocycles. The van der Waals surface area contributed by atoms with Gasteiger partial charge in [-0.3, -0.25) is 4.79 Å². The van der Waals surface area contributed by atoms with Crippen LogP contribution in [-0.2, 0) is 16.1 Å². The molecule has 6 heteroatoms. The van der Waals surface area contributed by atoms with E-state index in [1.165, 1.54) is 0 Å². The van der Waals surface area contributed by atoms with E-state index in [1.54, 1.807) is 31.4 Å². The van der Waals surface area contributed by atoms with Gasteiger partial charge in [0.25, 0.3) is 0 Å². The highest BCUT2D eigenvalue weighted by molar-refractivity contribution is 5.79.